The number of nitrogens with zero attached hydrogens (tertiary/aromatic N) is 6. The van der Waals surface area contributed by atoms with Crippen LogP contribution in [0.15, 0.2) is 268 Å². The summed E-state index contributed by atoms with van der Waals surface area (Å²) in [5.41, 5.74) is 6.70. The third kappa shape index (κ3) is 38.3. The highest BCUT2D eigenvalue weighted by Gasteiger charge is 2.15. The predicted molar refractivity (Wildman–Crippen MR) is 461 cm³/mol. The number of nitrogens with one attached hydrogen (secondary N) is 3. The number of para-hydroxylation sites is 9. The maximum Gasteiger partial charge on any atom is 0.230 e. The lowest BCUT2D eigenvalue weighted by atomic mass is 10.2. The smallest absolute Gasteiger partial charge is 0.230 e. The summed E-state index contributed by atoms with van der Waals surface area (Å²) in [6, 6.07) is 64.8. The third-order valence-corrected chi connectivity index (χ3v) is 13.8. The number of phenolic OH excluding ortho intramolecular Hbond substituents is 1. The number of benzene rings is 9. The summed E-state index contributed by atoms with van der Waals surface area (Å²) in [6.07, 6.45) is 15.0. The molecule has 19 heteroatoms. The maximum absolute atomic E-state index is 12.8. The average Bonchev–Trinajstić information content (AvgIpc) is 1.29. The fraction of sp³-hybridized carbons (Fsp3) is 0.290. The largest absolute Gasteiger partial charge is 0.504 e. The highest BCUT2D eigenvalue weighted by atomic mass is 19.1. The van der Waals surface area contributed by atoms with Gasteiger partial charge < -0.3 is 53.7 Å². The Labute approximate surface area is 667 Å². The van der Waals surface area contributed by atoms with Gasteiger partial charge in [0.25, 0.3) is 0 Å². The number of carbonyl (C=O) groups is 3. The molecule has 0 aliphatic carbocycles. The van der Waals surface area contributed by atoms with Gasteiger partial charge in [0.05, 0.1) is 42.5 Å². The van der Waals surface area contributed by atoms with Crippen LogP contribution in [0.25, 0.3) is 0 Å². The quantitative estimate of drug-likeness (QED) is 0.0908. The zero-order chi connectivity index (χ0) is 83.9. The molecule has 3 aromatic heterocycles. The highest BCUT2D eigenvalue weighted by molar-refractivity contribution is 5.94. The lowest BCUT2D eigenvalue weighted by Gasteiger charge is -2.15. The standard InChI is InChI=1S/C24H19N3O3.C16H17NO2.C15H15NO3.2C10H9FN2.9C2H6/c28-24-12-18-14-25-16-27(18)15-17-5-3-6-19(11-17)29-20-7-4-8-21(13-20)30-23-10-2-1-9-22(23)26-24;1-3-16(18)17-13-9-5-7-11-15(13)19-14-10-6-4-8-12(14)2;1-2-15(18)16-11-7-3-5-9-13(11)19-14-10-6-4-8-12(14)17;2*11-10-3-1-2-9(6-10)7-13-5-4-12-8-13;9*1-2/h1-11,13-14,16H,12,15H2,(H,26,28);4-11H,3H2,1-2H3,(H,17,18);3-10,17H,2H2,1H3,(H,16,18);2*1-6,8H,7H2;9*1-2H3. The van der Waals surface area contributed by atoms with Crippen molar-refractivity contribution < 1.29 is 47.2 Å². The van der Waals surface area contributed by atoms with Crippen molar-refractivity contribution in [1.82, 2.24) is 28.7 Å². The van der Waals surface area contributed by atoms with Gasteiger partial charge in [-0.3, -0.25) is 14.4 Å². The summed E-state index contributed by atoms with van der Waals surface area (Å²) in [5, 5.41) is 18.2. The number of ether oxygens (including phenoxy) is 4. The Morgan fingerprint density at radius 3 is 1.38 bits per heavy atom. The monoisotopic (exact) mass is 1530 g/mol. The van der Waals surface area contributed by atoms with E-state index in [9.17, 15) is 28.3 Å². The molecule has 3 amide bonds. The molecule has 0 atom stereocenters. The molecule has 4 heterocycles. The van der Waals surface area contributed by atoms with E-state index in [1.165, 1.54) is 24.3 Å². The molecular formula is C93H123F2N9O8. The maximum atomic E-state index is 12.8. The van der Waals surface area contributed by atoms with Crippen LogP contribution in [0.1, 0.15) is 179 Å². The summed E-state index contributed by atoms with van der Waals surface area (Å²) < 4.78 is 54.9. The second kappa shape index (κ2) is 62.7. The van der Waals surface area contributed by atoms with Crippen LogP contribution in [0, 0.1) is 18.6 Å². The number of rotatable bonds is 12. The lowest BCUT2D eigenvalue weighted by molar-refractivity contribution is -0.116. The van der Waals surface area contributed by atoms with E-state index in [4.69, 9.17) is 18.9 Å². The Morgan fingerprint density at radius 2 is 0.902 bits per heavy atom. The number of halogens is 2. The van der Waals surface area contributed by atoms with Gasteiger partial charge in [-0.25, -0.2) is 23.7 Å². The normalized spacial score (nSPS) is 9.79. The molecule has 17 nitrogen and oxygen atoms in total. The fourth-order valence-corrected chi connectivity index (χ4v) is 9.12. The number of fused-ring (bicyclic) bond motifs is 6. The van der Waals surface area contributed by atoms with Gasteiger partial charge in [-0.1, -0.05) is 248 Å². The Morgan fingerprint density at radius 1 is 0.473 bits per heavy atom. The Bertz CT molecular complexity index is 4210. The summed E-state index contributed by atoms with van der Waals surface area (Å²) in [7, 11) is 0. The van der Waals surface area contributed by atoms with Crippen LogP contribution >= 0.6 is 0 Å². The number of anilines is 3. The molecule has 1 aliphatic heterocycles. The molecule has 0 radical (unpaired) electrons. The van der Waals surface area contributed by atoms with Crippen LogP contribution in [0.5, 0.6) is 51.7 Å². The van der Waals surface area contributed by atoms with Gasteiger partial charge in [0.1, 0.15) is 34.6 Å². The highest BCUT2D eigenvalue weighted by Crippen LogP contribution is 2.36. The molecule has 0 unspecified atom stereocenters. The Hall–Kier alpha value is -12.1. The molecule has 0 fully saturated rings. The average molecular weight is 1530 g/mol. The fourth-order valence-electron chi connectivity index (χ4n) is 9.12. The summed E-state index contributed by atoms with van der Waals surface area (Å²) in [4.78, 5) is 47.7. The molecule has 0 saturated heterocycles. The first-order chi connectivity index (χ1) is 54.8. The van der Waals surface area contributed by atoms with Crippen LogP contribution in [0.2, 0.25) is 0 Å². The van der Waals surface area contributed by atoms with Crippen LogP contribution in [-0.4, -0.2) is 51.5 Å². The molecule has 4 N–H and O–H groups in total. The molecule has 0 spiro atoms. The molecule has 1 aliphatic rings. The zero-order valence-corrected chi connectivity index (χ0v) is 69.9. The van der Waals surface area contributed by atoms with Crippen molar-refractivity contribution in [2.75, 3.05) is 16.0 Å². The van der Waals surface area contributed by atoms with E-state index in [0.717, 1.165) is 39.4 Å². The van der Waals surface area contributed by atoms with Gasteiger partial charge in [-0.05, 0) is 132 Å². The number of hydrogen-bond acceptors (Lipinski definition) is 11. The number of aromatic hydroxyl groups is 1. The van der Waals surface area contributed by atoms with E-state index in [1.807, 2.05) is 304 Å². The first-order valence-electron chi connectivity index (χ1n) is 39.1. The van der Waals surface area contributed by atoms with Crippen molar-refractivity contribution in [2.24, 2.45) is 0 Å². The van der Waals surface area contributed by atoms with E-state index in [-0.39, 0.29) is 41.5 Å². The second-order valence-electron chi connectivity index (χ2n) is 21.0. The summed E-state index contributed by atoms with van der Waals surface area (Å²) in [6.45, 7) is 43.5. The summed E-state index contributed by atoms with van der Waals surface area (Å²) in [5.74, 6) is 4.28. The molecular weight excluding hydrogens is 1410 g/mol. The van der Waals surface area contributed by atoms with Crippen molar-refractivity contribution in [1.29, 1.82) is 0 Å². The SMILES string of the molecule is CC.CC.CC.CC.CC.CC.CC.CC.CC.CCC(=O)Nc1ccccc1Oc1ccccc1C.CCC(=O)Nc1ccccc1Oc1ccccc1O.Fc1cccc(Cn2ccnc2)c1.Fc1cccc(Cn2ccnc2)c1.O=C1Cc2cncn2Cc2cccc(c2)Oc2cccc(c2)Oc2ccccc2N1. The second-order valence-corrected chi connectivity index (χ2v) is 21.0. The van der Waals surface area contributed by atoms with Crippen molar-refractivity contribution in [3.8, 4) is 51.7 Å². The van der Waals surface area contributed by atoms with Crippen molar-refractivity contribution in [2.45, 2.75) is 184 Å². The minimum absolute atomic E-state index is 0.0270. The molecule has 4 bridgehead atoms. The molecule has 112 heavy (non-hydrogen) atoms. The number of amides is 3. The molecule has 9 aromatic carbocycles. The van der Waals surface area contributed by atoms with Gasteiger partial charge >= 0.3 is 0 Å². The molecule has 12 aromatic rings. The first-order valence-corrected chi connectivity index (χ1v) is 39.1. The number of aromatic nitrogens is 6. The van der Waals surface area contributed by atoms with Gasteiger partial charge in [0, 0.05) is 75.2 Å². The number of imidazole rings is 3. The van der Waals surface area contributed by atoms with Crippen LogP contribution in [-0.2, 0) is 40.4 Å². The number of hydrogen-bond donors (Lipinski definition) is 4. The summed E-state index contributed by atoms with van der Waals surface area (Å²) >= 11 is 0. The number of carbonyl (C=O) groups excluding carboxylic acids is 3. The minimum atomic E-state index is -0.197. The van der Waals surface area contributed by atoms with Crippen LogP contribution < -0.4 is 34.9 Å². The number of aryl methyl sites for hydroxylation is 1. The Kier molecular flexibility index (Phi) is 55.9. The van der Waals surface area contributed by atoms with Crippen molar-refractivity contribution in [3.05, 3.63) is 308 Å². The van der Waals surface area contributed by atoms with Crippen molar-refractivity contribution >= 4 is 34.8 Å². The van der Waals surface area contributed by atoms with E-state index in [0.29, 0.717) is 84.0 Å². The first kappa shape index (κ1) is 99.9. The van der Waals surface area contributed by atoms with Gasteiger partial charge in [0.2, 0.25) is 17.7 Å². The molecule has 602 valence electrons. The van der Waals surface area contributed by atoms with Gasteiger partial charge in [-0.2, -0.15) is 0 Å². The lowest BCUT2D eigenvalue weighted by Crippen LogP contribution is -2.17. The molecule has 13 rings (SSSR count). The van der Waals surface area contributed by atoms with Gasteiger partial charge in [-0.15, -0.1) is 0 Å². The minimum Gasteiger partial charge on any atom is -0.504 e. The third-order valence-electron chi connectivity index (χ3n) is 13.8. The van der Waals surface area contributed by atoms with E-state index >= 15 is 0 Å². The van der Waals surface area contributed by atoms with E-state index in [2.05, 4.69) is 30.9 Å². The zero-order valence-electron chi connectivity index (χ0n) is 69.9. The van der Waals surface area contributed by atoms with Gasteiger partial charge in [0.15, 0.2) is 28.7 Å². The van der Waals surface area contributed by atoms with Crippen LogP contribution in [0.4, 0.5) is 25.8 Å². The Balaban J connectivity index is 0.00000134. The van der Waals surface area contributed by atoms with E-state index in [1.54, 1.807) is 99.1 Å². The van der Waals surface area contributed by atoms with E-state index < -0.39 is 0 Å². The van der Waals surface area contributed by atoms with Crippen molar-refractivity contribution in [3.63, 3.8) is 0 Å². The molecule has 0 saturated carbocycles. The van der Waals surface area contributed by atoms with Crippen LogP contribution in [0.3, 0.4) is 0 Å². The predicted octanol–water partition coefficient (Wildman–Crippen LogP) is 26.1. The topological polar surface area (TPSA) is 198 Å². The number of phenols is 1.